The standard InChI is InChI=1S/C15H22ClN3O/c1-19(13-4-5-13)6-7-20-15-14(16)8-11(10-18-15)9-17-12-2-3-12/h8,10,12-13,17H,2-7,9H2,1H3. The van der Waals surface area contributed by atoms with Crippen molar-refractivity contribution in [2.45, 2.75) is 44.3 Å². The van der Waals surface area contributed by atoms with Crippen molar-refractivity contribution in [3.63, 3.8) is 0 Å². The number of nitrogens with one attached hydrogen (secondary N) is 1. The van der Waals surface area contributed by atoms with Gasteiger partial charge in [0.15, 0.2) is 0 Å². The van der Waals surface area contributed by atoms with Crippen LogP contribution in [-0.2, 0) is 6.54 Å². The first kappa shape index (κ1) is 14.1. The summed E-state index contributed by atoms with van der Waals surface area (Å²) >= 11 is 6.22. The summed E-state index contributed by atoms with van der Waals surface area (Å²) in [5, 5.41) is 4.06. The quantitative estimate of drug-likeness (QED) is 0.799. The van der Waals surface area contributed by atoms with Crippen molar-refractivity contribution < 1.29 is 4.74 Å². The first-order valence-electron chi connectivity index (χ1n) is 7.43. The predicted molar refractivity (Wildman–Crippen MR) is 80.3 cm³/mol. The summed E-state index contributed by atoms with van der Waals surface area (Å²) in [6.07, 6.45) is 7.06. The first-order valence-corrected chi connectivity index (χ1v) is 7.81. The largest absolute Gasteiger partial charge is 0.475 e. The Kier molecular flexibility index (Phi) is 4.44. The van der Waals surface area contributed by atoms with Gasteiger partial charge >= 0.3 is 0 Å². The van der Waals surface area contributed by atoms with Gasteiger partial charge in [-0.1, -0.05) is 11.6 Å². The van der Waals surface area contributed by atoms with E-state index in [1.807, 2.05) is 12.3 Å². The second kappa shape index (κ2) is 6.29. The van der Waals surface area contributed by atoms with E-state index in [0.717, 1.165) is 24.7 Å². The summed E-state index contributed by atoms with van der Waals surface area (Å²) < 4.78 is 5.67. The van der Waals surface area contributed by atoms with Crippen molar-refractivity contribution in [3.8, 4) is 5.88 Å². The number of nitrogens with zero attached hydrogens (tertiary/aromatic N) is 2. The van der Waals surface area contributed by atoms with Crippen LogP contribution in [0.25, 0.3) is 0 Å². The molecule has 0 saturated heterocycles. The van der Waals surface area contributed by atoms with Crippen LogP contribution in [0.3, 0.4) is 0 Å². The second-order valence-corrected chi connectivity index (χ2v) is 6.25. The highest BCUT2D eigenvalue weighted by atomic mass is 35.5. The maximum Gasteiger partial charge on any atom is 0.232 e. The van der Waals surface area contributed by atoms with Crippen molar-refractivity contribution in [2.75, 3.05) is 20.2 Å². The summed E-state index contributed by atoms with van der Waals surface area (Å²) in [5.74, 6) is 0.547. The molecule has 0 spiro atoms. The van der Waals surface area contributed by atoms with Crippen LogP contribution in [0.2, 0.25) is 5.02 Å². The molecule has 2 aliphatic rings. The summed E-state index contributed by atoms with van der Waals surface area (Å²) in [6.45, 7) is 2.40. The molecule has 0 unspecified atom stereocenters. The van der Waals surface area contributed by atoms with E-state index in [4.69, 9.17) is 16.3 Å². The zero-order valence-electron chi connectivity index (χ0n) is 11.9. The van der Waals surface area contributed by atoms with Crippen LogP contribution in [0.15, 0.2) is 12.3 Å². The number of hydrogen-bond acceptors (Lipinski definition) is 4. The molecule has 1 aromatic rings. The molecule has 4 nitrogen and oxygen atoms in total. The lowest BCUT2D eigenvalue weighted by atomic mass is 10.3. The minimum atomic E-state index is 0.547. The molecule has 1 N–H and O–H groups in total. The Hall–Kier alpha value is -0.840. The first-order chi connectivity index (χ1) is 9.72. The summed E-state index contributed by atoms with van der Waals surface area (Å²) in [5.41, 5.74) is 1.12. The van der Waals surface area contributed by atoms with Crippen LogP contribution in [0.1, 0.15) is 31.2 Å². The van der Waals surface area contributed by atoms with Crippen molar-refractivity contribution in [3.05, 3.63) is 22.8 Å². The maximum absolute atomic E-state index is 6.22. The molecule has 2 saturated carbocycles. The van der Waals surface area contributed by atoms with Crippen molar-refractivity contribution in [2.24, 2.45) is 0 Å². The Morgan fingerprint density at radius 2 is 2.20 bits per heavy atom. The highest BCUT2D eigenvalue weighted by Crippen LogP contribution is 2.26. The van der Waals surface area contributed by atoms with Gasteiger partial charge in [-0.15, -0.1) is 0 Å². The van der Waals surface area contributed by atoms with E-state index in [0.29, 0.717) is 23.6 Å². The lowest BCUT2D eigenvalue weighted by Gasteiger charge is -2.16. The number of likely N-dealkylation sites (N-methyl/N-ethyl adjacent to an activating group) is 1. The van der Waals surface area contributed by atoms with Gasteiger partial charge in [-0.05, 0) is 44.4 Å². The Morgan fingerprint density at radius 1 is 1.40 bits per heavy atom. The third-order valence-electron chi connectivity index (χ3n) is 3.89. The predicted octanol–water partition coefficient (Wildman–Crippen LogP) is 2.46. The molecule has 0 bridgehead atoms. The maximum atomic E-state index is 6.22. The van der Waals surface area contributed by atoms with E-state index >= 15 is 0 Å². The smallest absolute Gasteiger partial charge is 0.232 e. The minimum Gasteiger partial charge on any atom is -0.475 e. The molecule has 20 heavy (non-hydrogen) atoms. The Bertz CT molecular complexity index is 460. The lowest BCUT2D eigenvalue weighted by Crippen LogP contribution is -2.26. The average Bonchev–Trinajstić information content (AvgIpc) is 3.29. The fraction of sp³-hybridized carbons (Fsp3) is 0.667. The van der Waals surface area contributed by atoms with Crippen LogP contribution in [0.4, 0.5) is 0 Å². The molecule has 3 rings (SSSR count). The van der Waals surface area contributed by atoms with Crippen LogP contribution in [-0.4, -0.2) is 42.2 Å². The van der Waals surface area contributed by atoms with E-state index in [2.05, 4.69) is 22.2 Å². The number of hydrogen-bond donors (Lipinski definition) is 1. The zero-order chi connectivity index (χ0) is 13.9. The molecule has 2 fully saturated rings. The molecule has 1 heterocycles. The molecular weight excluding hydrogens is 274 g/mol. The monoisotopic (exact) mass is 295 g/mol. The number of rotatable bonds is 8. The van der Waals surface area contributed by atoms with Gasteiger partial charge in [-0.25, -0.2) is 4.98 Å². The molecule has 0 atom stereocenters. The summed E-state index contributed by atoms with van der Waals surface area (Å²) in [7, 11) is 2.14. The van der Waals surface area contributed by atoms with Gasteiger partial charge in [0.1, 0.15) is 11.6 Å². The van der Waals surface area contributed by atoms with Crippen molar-refractivity contribution in [1.82, 2.24) is 15.2 Å². The fourth-order valence-corrected chi connectivity index (χ4v) is 2.45. The second-order valence-electron chi connectivity index (χ2n) is 5.85. The lowest BCUT2D eigenvalue weighted by molar-refractivity contribution is 0.226. The van der Waals surface area contributed by atoms with Gasteiger partial charge in [0, 0.05) is 31.4 Å². The van der Waals surface area contributed by atoms with Gasteiger partial charge in [-0.3, -0.25) is 0 Å². The summed E-state index contributed by atoms with van der Waals surface area (Å²) in [6, 6.07) is 3.41. The molecule has 0 aromatic carbocycles. The molecule has 0 amide bonds. The van der Waals surface area contributed by atoms with E-state index in [9.17, 15) is 0 Å². The molecule has 110 valence electrons. The normalized spacial score (nSPS) is 18.6. The molecule has 2 aliphatic carbocycles. The van der Waals surface area contributed by atoms with E-state index in [1.54, 1.807) is 0 Å². The van der Waals surface area contributed by atoms with Gasteiger partial charge < -0.3 is 15.0 Å². The Balaban J connectivity index is 1.45. The Labute approximate surface area is 125 Å². The highest BCUT2D eigenvalue weighted by Gasteiger charge is 2.25. The minimum absolute atomic E-state index is 0.547. The van der Waals surface area contributed by atoms with Crippen LogP contribution >= 0.6 is 11.6 Å². The SMILES string of the molecule is CN(CCOc1ncc(CNC2CC2)cc1Cl)C1CC1. The number of ether oxygens (including phenoxy) is 1. The summed E-state index contributed by atoms with van der Waals surface area (Å²) in [4.78, 5) is 6.66. The average molecular weight is 296 g/mol. The van der Waals surface area contributed by atoms with Crippen LogP contribution in [0.5, 0.6) is 5.88 Å². The van der Waals surface area contributed by atoms with Gasteiger partial charge in [0.05, 0.1) is 0 Å². The zero-order valence-corrected chi connectivity index (χ0v) is 12.7. The van der Waals surface area contributed by atoms with Crippen LogP contribution in [0, 0.1) is 0 Å². The number of halogens is 1. The van der Waals surface area contributed by atoms with E-state index in [1.165, 1.54) is 25.7 Å². The van der Waals surface area contributed by atoms with Crippen molar-refractivity contribution in [1.29, 1.82) is 0 Å². The van der Waals surface area contributed by atoms with Gasteiger partial charge in [0.2, 0.25) is 5.88 Å². The van der Waals surface area contributed by atoms with Gasteiger partial charge in [0.25, 0.3) is 0 Å². The highest BCUT2D eigenvalue weighted by molar-refractivity contribution is 6.31. The van der Waals surface area contributed by atoms with Gasteiger partial charge in [-0.2, -0.15) is 0 Å². The van der Waals surface area contributed by atoms with E-state index < -0.39 is 0 Å². The number of aromatic nitrogens is 1. The van der Waals surface area contributed by atoms with E-state index in [-0.39, 0.29) is 0 Å². The van der Waals surface area contributed by atoms with Crippen LogP contribution < -0.4 is 10.1 Å². The molecular formula is C15H22ClN3O. The third kappa shape index (κ3) is 4.08. The topological polar surface area (TPSA) is 37.4 Å². The third-order valence-corrected chi connectivity index (χ3v) is 4.16. The fourth-order valence-electron chi connectivity index (χ4n) is 2.20. The van der Waals surface area contributed by atoms with Crippen molar-refractivity contribution >= 4 is 11.6 Å². The molecule has 0 aliphatic heterocycles. The molecule has 5 heteroatoms. The number of pyridine rings is 1. The molecule has 1 aromatic heterocycles. The molecule has 0 radical (unpaired) electrons. The Morgan fingerprint density at radius 3 is 2.85 bits per heavy atom.